The number of nitrogens with two attached hydrogens (primary N) is 1. The van der Waals surface area contributed by atoms with E-state index in [4.69, 9.17) is 5.73 Å². The Labute approximate surface area is 112 Å². The van der Waals surface area contributed by atoms with E-state index in [9.17, 15) is 9.59 Å². The van der Waals surface area contributed by atoms with Crippen LogP contribution in [0.15, 0.2) is 18.2 Å². The third-order valence-corrected chi connectivity index (χ3v) is 3.34. The topological polar surface area (TPSA) is 75.4 Å². The lowest BCUT2D eigenvalue weighted by Crippen LogP contribution is -2.48. The van der Waals surface area contributed by atoms with Gasteiger partial charge in [-0.1, -0.05) is 6.07 Å². The molecule has 1 aliphatic rings. The van der Waals surface area contributed by atoms with Crippen molar-refractivity contribution in [1.29, 1.82) is 0 Å². The molecule has 19 heavy (non-hydrogen) atoms. The Morgan fingerprint density at radius 2 is 2.16 bits per heavy atom. The normalized spacial score (nSPS) is 15.6. The van der Waals surface area contributed by atoms with Crippen LogP contribution in [0.4, 0.5) is 11.4 Å². The predicted molar refractivity (Wildman–Crippen MR) is 74.8 cm³/mol. The first-order valence-corrected chi connectivity index (χ1v) is 6.46. The van der Waals surface area contributed by atoms with Crippen molar-refractivity contribution in [1.82, 2.24) is 5.32 Å². The number of benzene rings is 1. The van der Waals surface area contributed by atoms with Crippen molar-refractivity contribution < 1.29 is 9.59 Å². The van der Waals surface area contributed by atoms with Gasteiger partial charge in [0.15, 0.2) is 0 Å². The summed E-state index contributed by atoms with van der Waals surface area (Å²) < 4.78 is 0. The number of carbonyl (C=O) groups excluding carboxylic acids is 2. The molecule has 0 radical (unpaired) electrons. The van der Waals surface area contributed by atoms with Gasteiger partial charge in [0.1, 0.15) is 6.04 Å². The third kappa shape index (κ3) is 2.70. The first-order chi connectivity index (χ1) is 9.00. The van der Waals surface area contributed by atoms with Gasteiger partial charge in [-0.2, -0.15) is 0 Å². The number of nitrogen functional groups attached to an aromatic ring is 1. The van der Waals surface area contributed by atoms with Crippen molar-refractivity contribution in [3.8, 4) is 0 Å². The molecule has 5 nitrogen and oxygen atoms in total. The van der Waals surface area contributed by atoms with Crippen LogP contribution in [0.25, 0.3) is 0 Å². The first-order valence-electron chi connectivity index (χ1n) is 6.46. The second-order valence-corrected chi connectivity index (χ2v) is 4.86. The average molecular weight is 261 g/mol. The van der Waals surface area contributed by atoms with E-state index in [0.29, 0.717) is 6.54 Å². The summed E-state index contributed by atoms with van der Waals surface area (Å²) in [5.74, 6) is -0.299. The second kappa shape index (κ2) is 5.30. The van der Waals surface area contributed by atoms with Crippen LogP contribution in [0.1, 0.15) is 25.8 Å². The average Bonchev–Trinajstić information content (AvgIpc) is 2.37. The van der Waals surface area contributed by atoms with Gasteiger partial charge in [-0.25, -0.2) is 0 Å². The fraction of sp³-hybridized carbons (Fsp3) is 0.429. The Hall–Kier alpha value is -2.04. The lowest BCUT2D eigenvalue weighted by Gasteiger charge is -2.32. The number of anilines is 2. The molecule has 1 aromatic carbocycles. The molecular formula is C14H19N3O2. The smallest absolute Gasteiger partial charge is 0.249 e. The molecule has 2 amide bonds. The van der Waals surface area contributed by atoms with E-state index in [1.165, 1.54) is 6.92 Å². The Morgan fingerprint density at radius 3 is 2.84 bits per heavy atom. The molecule has 102 valence electrons. The van der Waals surface area contributed by atoms with Gasteiger partial charge in [0, 0.05) is 24.8 Å². The van der Waals surface area contributed by atoms with Crippen molar-refractivity contribution in [3.63, 3.8) is 0 Å². The van der Waals surface area contributed by atoms with Crippen molar-refractivity contribution in [2.45, 2.75) is 32.7 Å². The fourth-order valence-corrected chi connectivity index (χ4v) is 2.48. The van der Waals surface area contributed by atoms with Crippen molar-refractivity contribution in [2.75, 3.05) is 17.2 Å². The first kappa shape index (κ1) is 13.4. The van der Waals surface area contributed by atoms with E-state index < -0.39 is 6.04 Å². The molecule has 3 N–H and O–H groups in total. The molecule has 5 heteroatoms. The monoisotopic (exact) mass is 261 g/mol. The molecule has 1 unspecified atom stereocenters. The van der Waals surface area contributed by atoms with Crippen LogP contribution in [-0.4, -0.2) is 24.4 Å². The van der Waals surface area contributed by atoms with E-state index in [-0.39, 0.29) is 11.8 Å². The Bertz CT molecular complexity index is 513. The molecule has 0 saturated carbocycles. The number of nitrogens with one attached hydrogen (secondary N) is 1. The lowest BCUT2D eigenvalue weighted by atomic mass is 9.99. The summed E-state index contributed by atoms with van der Waals surface area (Å²) in [4.78, 5) is 25.1. The van der Waals surface area contributed by atoms with E-state index in [0.717, 1.165) is 29.8 Å². The summed E-state index contributed by atoms with van der Waals surface area (Å²) >= 11 is 0. The SMILES string of the molecule is CC(=O)NC(C)C(=O)N1CCCc2c(N)cccc21. The van der Waals surface area contributed by atoms with Gasteiger partial charge >= 0.3 is 0 Å². The van der Waals surface area contributed by atoms with Crippen LogP contribution in [0, 0.1) is 0 Å². The molecule has 1 heterocycles. The largest absolute Gasteiger partial charge is 0.398 e. The number of hydrogen-bond donors (Lipinski definition) is 2. The van der Waals surface area contributed by atoms with E-state index in [1.54, 1.807) is 11.8 Å². The van der Waals surface area contributed by atoms with Gasteiger partial charge in [-0.05, 0) is 37.5 Å². The Balaban J connectivity index is 2.26. The molecule has 0 fully saturated rings. The molecule has 0 spiro atoms. The van der Waals surface area contributed by atoms with Crippen molar-refractivity contribution in [3.05, 3.63) is 23.8 Å². The summed E-state index contributed by atoms with van der Waals surface area (Å²) in [6.45, 7) is 3.77. The molecule has 0 aromatic heterocycles. The zero-order chi connectivity index (χ0) is 14.0. The minimum Gasteiger partial charge on any atom is -0.398 e. The Morgan fingerprint density at radius 1 is 1.42 bits per heavy atom. The van der Waals surface area contributed by atoms with Crippen LogP contribution < -0.4 is 16.0 Å². The minimum absolute atomic E-state index is 0.0956. The van der Waals surface area contributed by atoms with Crippen molar-refractivity contribution >= 4 is 23.2 Å². The summed E-state index contributed by atoms with van der Waals surface area (Å²) in [5, 5.41) is 2.62. The number of amides is 2. The molecule has 0 aliphatic carbocycles. The molecule has 1 aromatic rings. The van der Waals surface area contributed by atoms with Gasteiger partial charge in [0.2, 0.25) is 11.8 Å². The van der Waals surface area contributed by atoms with Gasteiger partial charge in [-0.15, -0.1) is 0 Å². The number of nitrogens with zero attached hydrogens (tertiary/aromatic N) is 1. The van der Waals surface area contributed by atoms with Crippen molar-refractivity contribution in [2.24, 2.45) is 0 Å². The highest BCUT2D eigenvalue weighted by atomic mass is 16.2. The minimum atomic E-state index is -0.523. The molecule has 1 aliphatic heterocycles. The molecule has 2 rings (SSSR count). The molecule has 1 atom stereocenters. The van der Waals surface area contributed by atoms with Gasteiger partial charge < -0.3 is 16.0 Å². The maximum atomic E-state index is 12.4. The van der Waals surface area contributed by atoms with E-state index in [1.807, 2.05) is 18.2 Å². The summed E-state index contributed by atoms with van der Waals surface area (Å²) in [5.41, 5.74) is 8.57. The highest BCUT2D eigenvalue weighted by Crippen LogP contribution is 2.31. The number of rotatable bonds is 2. The standard InChI is InChI=1S/C14H19N3O2/c1-9(16-10(2)18)14(19)17-8-4-5-11-12(15)6-3-7-13(11)17/h3,6-7,9H,4-5,8,15H2,1-2H3,(H,16,18). The van der Waals surface area contributed by atoms with Crippen LogP contribution in [0.3, 0.4) is 0 Å². The fourth-order valence-electron chi connectivity index (χ4n) is 2.48. The molecular weight excluding hydrogens is 242 g/mol. The van der Waals surface area contributed by atoms with Gasteiger partial charge in [0.05, 0.1) is 0 Å². The molecule has 0 bridgehead atoms. The zero-order valence-electron chi connectivity index (χ0n) is 11.3. The van der Waals surface area contributed by atoms with Gasteiger partial charge in [0.25, 0.3) is 0 Å². The maximum Gasteiger partial charge on any atom is 0.249 e. The van der Waals surface area contributed by atoms with Crippen LogP contribution in [0.5, 0.6) is 0 Å². The number of fused-ring (bicyclic) bond motifs is 1. The summed E-state index contributed by atoms with van der Waals surface area (Å²) in [6, 6.07) is 5.08. The highest BCUT2D eigenvalue weighted by Gasteiger charge is 2.27. The van der Waals surface area contributed by atoms with Gasteiger partial charge in [-0.3, -0.25) is 9.59 Å². The zero-order valence-corrected chi connectivity index (χ0v) is 11.3. The predicted octanol–water partition coefficient (Wildman–Crippen LogP) is 1.07. The van der Waals surface area contributed by atoms with E-state index >= 15 is 0 Å². The van der Waals surface area contributed by atoms with E-state index in [2.05, 4.69) is 5.32 Å². The van der Waals surface area contributed by atoms with Crippen LogP contribution in [0.2, 0.25) is 0 Å². The Kier molecular flexibility index (Phi) is 3.74. The third-order valence-electron chi connectivity index (χ3n) is 3.34. The highest BCUT2D eigenvalue weighted by molar-refractivity contribution is 6.00. The molecule has 0 saturated heterocycles. The summed E-state index contributed by atoms with van der Waals surface area (Å²) in [6.07, 6.45) is 1.78. The van der Waals surface area contributed by atoms with Crippen LogP contribution >= 0.6 is 0 Å². The second-order valence-electron chi connectivity index (χ2n) is 4.86. The lowest BCUT2D eigenvalue weighted by molar-refractivity contribution is -0.126. The maximum absolute atomic E-state index is 12.4. The number of hydrogen-bond acceptors (Lipinski definition) is 3. The summed E-state index contributed by atoms with van der Waals surface area (Å²) in [7, 11) is 0. The quantitative estimate of drug-likeness (QED) is 0.782. The number of carbonyl (C=O) groups is 2. The van der Waals surface area contributed by atoms with Crippen LogP contribution in [-0.2, 0) is 16.0 Å².